The molecular formula is C21H21BrClN3OS. The molecule has 0 saturated heterocycles. The van der Waals surface area contributed by atoms with Gasteiger partial charge in [-0.25, -0.2) is 4.98 Å². The van der Waals surface area contributed by atoms with Crippen molar-refractivity contribution in [3.8, 4) is 0 Å². The first-order valence-corrected chi connectivity index (χ1v) is 10.9. The molecule has 1 heterocycles. The van der Waals surface area contributed by atoms with E-state index in [1.54, 1.807) is 17.1 Å². The van der Waals surface area contributed by atoms with Crippen LogP contribution in [0.15, 0.2) is 53.0 Å². The molecule has 28 heavy (non-hydrogen) atoms. The van der Waals surface area contributed by atoms with Gasteiger partial charge in [0, 0.05) is 22.1 Å². The second kappa shape index (κ2) is 9.65. The minimum absolute atomic E-state index is 0.100. The number of benzene rings is 2. The molecule has 0 aliphatic heterocycles. The minimum Gasteiger partial charge on any atom is -0.309 e. The third-order valence-electron chi connectivity index (χ3n) is 4.13. The number of anilines is 1. The maximum Gasteiger partial charge on any atom is 0.252 e. The fourth-order valence-corrected chi connectivity index (χ4v) is 4.46. The SMILES string of the molecule is CN(C)CCCN(C(=O)C=Cc1ccccc1Cl)c1nc2ccc(Br)cc2s1. The summed E-state index contributed by atoms with van der Waals surface area (Å²) in [6.07, 6.45) is 4.19. The van der Waals surface area contributed by atoms with Crippen molar-refractivity contribution in [3.05, 3.63) is 63.6 Å². The topological polar surface area (TPSA) is 36.4 Å². The number of hydrogen-bond acceptors (Lipinski definition) is 4. The van der Waals surface area contributed by atoms with Gasteiger partial charge in [0.2, 0.25) is 0 Å². The van der Waals surface area contributed by atoms with E-state index in [0.29, 0.717) is 16.7 Å². The zero-order valence-electron chi connectivity index (χ0n) is 15.7. The summed E-state index contributed by atoms with van der Waals surface area (Å²) >= 11 is 11.2. The van der Waals surface area contributed by atoms with Crippen LogP contribution in [0.25, 0.3) is 16.3 Å². The molecule has 146 valence electrons. The third kappa shape index (κ3) is 5.41. The minimum atomic E-state index is -0.100. The van der Waals surface area contributed by atoms with Crippen LogP contribution in [0.3, 0.4) is 0 Å². The van der Waals surface area contributed by atoms with E-state index in [4.69, 9.17) is 11.6 Å². The van der Waals surface area contributed by atoms with Crippen molar-refractivity contribution in [2.45, 2.75) is 6.42 Å². The Bertz CT molecular complexity index is 1000. The Morgan fingerprint density at radius 2 is 2.00 bits per heavy atom. The molecule has 7 heteroatoms. The predicted octanol–water partition coefficient (Wildman–Crippen LogP) is 5.71. The standard InChI is InChI=1S/C21H21BrClN3OS/c1-25(2)12-5-13-26(20(27)11-8-15-6-3-4-7-17(15)23)21-24-18-10-9-16(22)14-19(18)28-21/h3-4,6-11,14H,5,12-13H2,1-2H3. The molecule has 0 aliphatic rings. The molecule has 0 fully saturated rings. The van der Waals surface area contributed by atoms with E-state index < -0.39 is 0 Å². The third-order valence-corrected chi connectivity index (χ3v) is 6.01. The van der Waals surface area contributed by atoms with Crippen molar-refractivity contribution >= 4 is 66.2 Å². The number of amides is 1. The Labute approximate surface area is 182 Å². The molecule has 0 N–H and O–H groups in total. The molecule has 0 saturated carbocycles. The number of aromatic nitrogens is 1. The molecular weight excluding hydrogens is 458 g/mol. The second-order valence-corrected chi connectivity index (χ2v) is 8.94. The average molecular weight is 479 g/mol. The maximum absolute atomic E-state index is 13.0. The lowest BCUT2D eigenvalue weighted by atomic mass is 10.2. The molecule has 3 rings (SSSR count). The van der Waals surface area contributed by atoms with Gasteiger partial charge in [-0.05, 0) is 63.0 Å². The van der Waals surface area contributed by atoms with Gasteiger partial charge in [-0.15, -0.1) is 0 Å². The molecule has 0 aliphatic carbocycles. The Morgan fingerprint density at radius 1 is 1.21 bits per heavy atom. The highest BCUT2D eigenvalue weighted by Crippen LogP contribution is 2.31. The quantitative estimate of drug-likeness (QED) is 0.408. The van der Waals surface area contributed by atoms with E-state index in [1.165, 1.54) is 11.3 Å². The van der Waals surface area contributed by atoms with Crippen molar-refractivity contribution in [1.29, 1.82) is 0 Å². The second-order valence-electron chi connectivity index (χ2n) is 6.61. The number of hydrogen-bond donors (Lipinski definition) is 0. The summed E-state index contributed by atoms with van der Waals surface area (Å²) in [4.78, 5) is 21.5. The van der Waals surface area contributed by atoms with Crippen LogP contribution in [0.5, 0.6) is 0 Å². The van der Waals surface area contributed by atoms with Gasteiger partial charge >= 0.3 is 0 Å². The first kappa shape index (κ1) is 21.0. The van der Waals surface area contributed by atoms with Gasteiger partial charge in [-0.1, -0.05) is 57.1 Å². The fourth-order valence-electron chi connectivity index (χ4n) is 2.71. The number of thiazole rings is 1. The molecule has 0 radical (unpaired) electrons. The summed E-state index contributed by atoms with van der Waals surface area (Å²) in [7, 11) is 4.05. The zero-order chi connectivity index (χ0) is 20.1. The Hall–Kier alpha value is -1.73. The van der Waals surface area contributed by atoms with Crippen LogP contribution in [0.1, 0.15) is 12.0 Å². The fraction of sp³-hybridized carbons (Fsp3) is 0.238. The number of fused-ring (bicyclic) bond motifs is 1. The highest BCUT2D eigenvalue weighted by molar-refractivity contribution is 9.10. The smallest absolute Gasteiger partial charge is 0.252 e. The largest absolute Gasteiger partial charge is 0.309 e. The molecule has 4 nitrogen and oxygen atoms in total. The highest BCUT2D eigenvalue weighted by atomic mass is 79.9. The Kier molecular flexibility index (Phi) is 7.24. The summed E-state index contributed by atoms with van der Waals surface area (Å²) < 4.78 is 2.05. The van der Waals surface area contributed by atoms with E-state index in [-0.39, 0.29) is 5.91 Å². The van der Waals surface area contributed by atoms with Crippen LogP contribution in [0, 0.1) is 0 Å². The zero-order valence-corrected chi connectivity index (χ0v) is 18.9. The summed E-state index contributed by atoms with van der Waals surface area (Å²) in [5, 5.41) is 1.33. The van der Waals surface area contributed by atoms with Crippen molar-refractivity contribution < 1.29 is 4.79 Å². The number of halogens is 2. The van der Waals surface area contributed by atoms with Crippen LogP contribution < -0.4 is 4.90 Å². The van der Waals surface area contributed by atoms with Crippen LogP contribution in [-0.4, -0.2) is 43.0 Å². The number of nitrogens with zero attached hydrogens (tertiary/aromatic N) is 3. The van der Waals surface area contributed by atoms with Gasteiger partial charge in [0.15, 0.2) is 5.13 Å². The maximum atomic E-state index is 13.0. The number of carbonyl (C=O) groups is 1. The van der Waals surface area contributed by atoms with Crippen LogP contribution in [0.2, 0.25) is 5.02 Å². The monoisotopic (exact) mass is 477 g/mol. The van der Waals surface area contributed by atoms with E-state index in [0.717, 1.165) is 33.2 Å². The van der Waals surface area contributed by atoms with Crippen molar-refractivity contribution in [1.82, 2.24) is 9.88 Å². The molecule has 0 unspecified atom stereocenters. The van der Waals surface area contributed by atoms with E-state index in [1.807, 2.05) is 56.6 Å². The van der Waals surface area contributed by atoms with E-state index in [9.17, 15) is 4.79 Å². The van der Waals surface area contributed by atoms with Crippen LogP contribution in [0.4, 0.5) is 5.13 Å². The number of rotatable bonds is 7. The lowest BCUT2D eigenvalue weighted by Gasteiger charge is -2.19. The highest BCUT2D eigenvalue weighted by Gasteiger charge is 2.18. The molecule has 2 aromatic carbocycles. The lowest BCUT2D eigenvalue weighted by Crippen LogP contribution is -2.32. The van der Waals surface area contributed by atoms with Gasteiger partial charge in [0.1, 0.15) is 0 Å². The van der Waals surface area contributed by atoms with E-state index in [2.05, 4.69) is 25.8 Å². The first-order chi connectivity index (χ1) is 13.4. The lowest BCUT2D eigenvalue weighted by molar-refractivity contribution is -0.114. The molecule has 3 aromatic rings. The Morgan fingerprint density at radius 3 is 2.75 bits per heavy atom. The first-order valence-electron chi connectivity index (χ1n) is 8.89. The van der Waals surface area contributed by atoms with Gasteiger partial charge in [0.05, 0.1) is 10.2 Å². The van der Waals surface area contributed by atoms with Gasteiger partial charge < -0.3 is 4.90 Å². The Balaban J connectivity index is 1.86. The molecule has 1 aromatic heterocycles. The van der Waals surface area contributed by atoms with Crippen molar-refractivity contribution in [2.75, 3.05) is 32.1 Å². The summed E-state index contributed by atoms with van der Waals surface area (Å²) in [6, 6.07) is 13.4. The molecule has 0 spiro atoms. The van der Waals surface area contributed by atoms with Crippen molar-refractivity contribution in [2.24, 2.45) is 0 Å². The molecule has 0 bridgehead atoms. The van der Waals surface area contributed by atoms with Crippen LogP contribution >= 0.6 is 38.9 Å². The van der Waals surface area contributed by atoms with Crippen molar-refractivity contribution in [3.63, 3.8) is 0 Å². The molecule has 1 amide bonds. The summed E-state index contributed by atoms with van der Waals surface area (Å²) in [6.45, 7) is 1.50. The van der Waals surface area contributed by atoms with E-state index >= 15 is 0 Å². The van der Waals surface area contributed by atoms with Crippen LogP contribution in [-0.2, 0) is 4.79 Å². The van der Waals surface area contributed by atoms with Gasteiger partial charge in [0.25, 0.3) is 5.91 Å². The average Bonchev–Trinajstić information content (AvgIpc) is 3.06. The molecule has 0 atom stereocenters. The van der Waals surface area contributed by atoms with Gasteiger partial charge in [-0.2, -0.15) is 0 Å². The predicted molar refractivity (Wildman–Crippen MR) is 123 cm³/mol. The summed E-state index contributed by atoms with van der Waals surface area (Å²) in [5.74, 6) is -0.100. The number of carbonyl (C=O) groups excluding carboxylic acids is 1. The normalized spacial score (nSPS) is 11.6. The summed E-state index contributed by atoms with van der Waals surface area (Å²) in [5.41, 5.74) is 1.71. The van der Waals surface area contributed by atoms with Gasteiger partial charge in [-0.3, -0.25) is 9.69 Å².